The summed E-state index contributed by atoms with van der Waals surface area (Å²) in [7, 11) is 0. The highest BCUT2D eigenvalue weighted by Gasteiger charge is 2.26. The van der Waals surface area contributed by atoms with Gasteiger partial charge in [-0.1, -0.05) is 12.1 Å². The van der Waals surface area contributed by atoms with Crippen LogP contribution in [0.2, 0.25) is 0 Å². The first-order valence-electron chi connectivity index (χ1n) is 7.99. The summed E-state index contributed by atoms with van der Waals surface area (Å²) in [5, 5.41) is 12.9. The Hall–Kier alpha value is -1.57. The second kappa shape index (κ2) is 6.46. The van der Waals surface area contributed by atoms with Crippen LogP contribution in [-0.2, 0) is 0 Å². The van der Waals surface area contributed by atoms with Gasteiger partial charge in [-0.25, -0.2) is 0 Å². The molecule has 2 saturated heterocycles. The molecule has 0 amide bonds. The number of nitriles is 1. The fourth-order valence-corrected chi connectivity index (χ4v) is 3.55. The highest BCUT2D eigenvalue weighted by atomic mass is 15.3. The van der Waals surface area contributed by atoms with Gasteiger partial charge in [0.1, 0.15) is 6.07 Å². The maximum absolute atomic E-state index is 9.39. The molecule has 2 aliphatic heterocycles. The molecule has 1 aromatic carbocycles. The lowest BCUT2D eigenvalue weighted by atomic mass is 10.00. The number of nitrogens with zero attached hydrogens (tertiary/aromatic N) is 3. The fourth-order valence-electron chi connectivity index (χ4n) is 3.55. The van der Waals surface area contributed by atoms with E-state index in [1.165, 1.54) is 25.8 Å². The maximum atomic E-state index is 9.39. The van der Waals surface area contributed by atoms with Gasteiger partial charge in [-0.3, -0.25) is 4.90 Å². The summed E-state index contributed by atoms with van der Waals surface area (Å²) in [5.74, 6) is 0. The van der Waals surface area contributed by atoms with Gasteiger partial charge >= 0.3 is 0 Å². The molecule has 0 atom stereocenters. The molecule has 2 fully saturated rings. The second-order valence-corrected chi connectivity index (χ2v) is 6.12. The van der Waals surface area contributed by atoms with Crippen molar-refractivity contribution in [2.45, 2.75) is 32.2 Å². The maximum Gasteiger partial charge on any atom is 0.102 e. The van der Waals surface area contributed by atoms with Crippen molar-refractivity contribution in [2.75, 3.05) is 37.7 Å². The summed E-state index contributed by atoms with van der Waals surface area (Å²) in [5.41, 5.74) is 3.04. The quantitative estimate of drug-likeness (QED) is 0.903. The number of hydrogen-bond donors (Lipinski definition) is 1. The normalized spacial score (nSPS) is 21.2. The molecule has 0 saturated carbocycles. The molecule has 0 spiro atoms. The zero-order chi connectivity index (χ0) is 14.7. The molecule has 2 aliphatic rings. The van der Waals surface area contributed by atoms with E-state index in [4.69, 9.17) is 0 Å². The molecule has 3 rings (SSSR count). The monoisotopic (exact) mass is 284 g/mol. The van der Waals surface area contributed by atoms with Crippen LogP contribution < -0.4 is 10.2 Å². The van der Waals surface area contributed by atoms with E-state index in [-0.39, 0.29) is 0 Å². The Balaban J connectivity index is 1.66. The van der Waals surface area contributed by atoms with Crippen molar-refractivity contribution < 1.29 is 0 Å². The Morgan fingerprint density at radius 3 is 2.71 bits per heavy atom. The first-order chi connectivity index (χ1) is 10.3. The van der Waals surface area contributed by atoms with E-state index in [2.05, 4.69) is 33.3 Å². The van der Waals surface area contributed by atoms with Crippen LogP contribution in [0.5, 0.6) is 0 Å². The van der Waals surface area contributed by atoms with Gasteiger partial charge in [0.05, 0.1) is 11.3 Å². The van der Waals surface area contributed by atoms with Crippen molar-refractivity contribution in [1.29, 1.82) is 5.26 Å². The van der Waals surface area contributed by atoms with E-state index in [0.717, 1.165) is 43.1 Å². The number of anilines is 1. The van der Waals surface area contributed by atoms with Gasteiger partial charge < -0.3 is 10.2 Å². The summed E-state index contributed by atoms with van der Waals surface area (Å²) in [4.78, 5) is 4.97. The summed E-state index contributed by atoms with van der Waals surface area (Å²) >= 11 is 0. The molecule has 0 aliphatic carbocycles. The number of benzene rings is 1. The van der Waals surface area contributed by atoms with E-state index in [1.807, 2.05) is 13.0 Å². The van der Waals surface area contributed by atoms with E-state index in [9.17, 15) is 5.26 Å². The lowest BCUT2D eigenvalue weighted by Gasteiger charge is -2.41. The Labute approximate surface area is 127 Å². The minimum absolute atomic E-state index is 0.699. The predicted octanol–water partition coefficient (Wildman–Crippen LogP) is 2.09. The average molecular weight is 284 g/mol. The van der Waals surface area contributed by atoms with Crippen LogP contribution in [0, 0.1) is 18.3 Å². The summed E-state index contributed by atoms with van der Waals surface area (Å²) in [6.07, 6.45) is 3.65. The van der Waals surface area contributed by atoms with Crippen LogP contribution in [0.1, 0.15) is 30.4 Å². The largest absolute Gasteiger partial charge is 0.370 e. The van der Waals surface area contributed by atoms with Crippen LogP contribution in [0.3, 0.4) is 0 Å². The third-order valence-corrected chi connectivity index (χ3v) is 4.80. The first-order valence-corrected chi connectivity index (χ1v) is 7.99. The number of hydrogen-bond acceptors (Lipinski definition) is 4. The molecule has 21 heavy (non-hydrogen) atoms. The van der Waals surface area contributed by atoms with Crippen molar-refractivity contribution in [3.05, 3.63) is 29.3 Å². The number of piperidine rings is 1. The van der Waals surface area contributed by atoms with Gasteiger partial charge in [0.25, 0.3) is 0 Å². The average Bonchev–Trinajstić information content (AvgIpc) is 2.55. The van der Waals surface area contributed by atoms with Gasteiger partial charge in [-0.2, -0.15) is 5.26 Å². The number of nitrogens with one attached hydrogen (secondary N) is 1. The molecule has 0 bridgehead atoms. The van der Waals surface area contributed by atoms with Gasteiger partial charge in [-0.05, 0) is 44.4 Å². The molecule has 0 unspecified atom stereocenters. The van der Waals surface area contributed by atoms with E-state index < -0.39 is 0 Å². The van der Waals surface area contributed by atoms with Crippen LogP contribution >= 0.6 is 0 Å². The molecule has 112 valence electrons. The van der Waals surface area contributed by atoms with Gasteiger partial charge in [0.15, 0.2) is 0 Å². The van der Waals surface area contributed by atoms with Crippen molar-refractivity contribution in [1.82, 2.24) is 10.2 Å². The van der Waals surface area contributed by atoms with Crippen molar-refractivity contribution in [3.63, 3.8) is 0 Å². The smallest absolute Gasteiger partial charge is 0.102 e. The van der Waals surface area contributed by atoms with E-state index in [0.29, 0.717) is 6.04 Å². The van der Waals surface area contributed by atoms with E-state index >= 15 is 0 Å². The van der Waals surface area contributed by atoms with Gasteiger partial charge in [0, 0.05) is 32.3 Å². The molecule has 4 nitrogen and oxygen atoms in total. The van der Waals surface area contributed by atoms with Crippen molar-refractivity contribution in [3.8, 4) is 6.07 Å². The standard InChI is InChI=1S/C17H24N4/c1-14-4-2-5-17(16(14)12-18)20-10-6-15(7-11-20)21-9-3-8-19-13-21/h2,4-5,15,19H,3,6-11,13H2,1H3. The van der Waals surface area contributed by atoms with Crippen LogP contribution in [0.25, 0.3) is 0 Å². The lowest BCUT2D eigenvalue weighted by Crippen LogP contribution is -2.51. The predicted molar refractivity (Wildman–Crippen MR) is 85.3 cm³/mol. The SMILES string of the molecule is Cc1cccc(N2CCC(N3CCCNC3)CC2)c1C#N. The Morgan fingerprint density at radius 2 is 2.05 bits per heavy atom. The van der Waals surface area contributed by atoms with E-state index in [1.54, 1.807) is 0 Å². The third-order valence-electron chi connectivity index (χ3n) is 4.80. The molecule has 0 aromatic heterocycles. The Bertz CT molecular complexity index is 520. The highest BCUT2D eigenvalue weighted by Crippen LogP contribution is 2.27. The van der Waals surface area contributed by atoms with Crippen molar-refractivity contribution >= 4 is 5.69 Å². The Morgan fingerprint density at radius 1 is 1.24 bits per heavy atom. The zero-order valence-corrected chi connectivity index (χ0v) is 12.8. The Kier molecular flexibility index (Phi) is 4.42. The van der Waals surface area contributed by atoms with Gasteiger partial charge in [0.2, 0.25) is 0 Å². The molecule has 0 radical (unpaired) electrons. The van der Waals surface area contributed by atoms with Crippen LogP contribution in [0.4, 0.5) is 5.69 Å². The highest BCUT2D eigenvalue weighted by molar-refractivity contribution is 5.62. The molecule has 1 aromatic rings. The first kappa shape index (κ1) is 14.4. The number of rotatable bonds is 2. The fraction of sp³-hybridized carbons (Fsp3) is 0.588. The minimum atomic E-state index is 0.699. The second-order valence-electron chi connectivity index (χ2n) is 6.12. The summed E-state index contributed by atoms with van der Waals surface area (Å²) < 4.78 is 0. The molecule has 2 heterocycles. The summed E-state index contributed by atoms with van der Waals surface area (Å²) in [6.45, 7) is 7.56. The molecule has 4 heteroatoms. The van der Waals surface area contributed by atoms with Crippen LogP contribution in [-0.4, -0.2) is 43.8 Å². The molecular weight excluding hydrogens is 260 g/mol. The lowest BCUT2D eigenvalue weighted by molar-refractivity contribution is 0.132. The minimum Gasteiger partial charge on any atom is -0.370 e. The van der Waals surface area contributed by atoms with Crippen molar-refractivity contribution in [2.24, 2.45) is 0 Å². The number of aryl methyl sites for hydroxylation is 1. The third kappa shape index (κ3) is 3.04. The van der Waals surface area contributed by atoms with Crippen LogP contribution in [0.15, 0.2) is 18.2 Å². The topological polar surface area (TPSA) is 42.3 Å². The molecule has 1 N–H and O–H groups in total. The summed E-state index contributed by atoms with van der Waals surface area (Å²) in [6, 6.07) is 9.25. The molecular formula is C17H24N4. The zero-order valence-electron chi connectivity index (χ0n) is 12.8. The van der Waals surface area contributed by atoms with Gasteiger partial charge in [-0.15, -0.1) is 0 Å².